The molecule has 0 aliphatic carbocycles. The van der Waals surface area contributed by atoms with Gasteiger partial charge in [-0.15, -0.1) is 12.4 Å². The number of aromatic nitrogens is 1. The molecule has 1 atom stereocenters. The van der Waals surface area contributed by atoms with Crippen LogP contribution in [-0.2, 0) is 0 Å². The lowest BCUT2D eigenvalue weighted by atomic mass is 10.3. The Kier molecular flexibility index (Phi) is 3.72. The number of aryl methyl sites for hydroxylation is 1. The number of rotatable bonds is 1. The quantitative estimate of drug-likeness (QED) is 0.766. The van der Waals surface area contributed by atoms with Crippen LogP contribution in [0, 0.1) is 6.92 Å². The summed E-state index contributed by atoms with van der Waals surface area (Å²) in [6.07, 6.45) is 2.98. The summed E-state index contributed by atoms with van der Waals surface area (Å²) in [4.78, 5) is 6.61. The summed E-state index contributed by atoms with van der Waals surface area (Å²) in [5.74, 6) is 1.05. The van der Waals surface area contributed by atoms with E-state index in [1.807, 2.05) is 13.1 Å². The van der Waals surface area contributed by atoms with Crippen molar-refractivity contribution in [3.8, 4) is 0 Å². The van der Waals surface area contributed by atoms with E-state index in [0.717, 1.165) is 25.3 Å². The van der Waals surface area contributed by atoms with Crippen molar-refractivity contribution in [2.45, 2.75) is 19.4 Å². The van der Waals surface area contributed by atoms with Gasteiger partial charge in [0.25, 0.3) is 0 Å². The Morgan fingerprint density at radius 3 is 2.79 bits per heavy atom. The van der Waals surface area contributed by atoms with Gasteiger partial charge < -0.3 is 10.6 Å². The molecule has 4 heteroatoms. The van der Waals surface area contributed by atoms with Crippen molar-refractivity contribution < 1.29 is 0 Å². The van der Waals surface area contributed by atoms with E-state index < -0.39 is 0 Å². The predicted molar refractivity (Wildman–Crippen MR) is 61.0 cm³/mol. The minimum absolute atomic E-state index is 0. The smallest absolute Gasteiger partial charge is 0.128 e. The van der Waals surface area contributed by atoms with Gasteiger partial charge in [-0.25, -0.2) is 4.98 Å². The zero-order valence-corrected chi connectivity index (χ0v) is 9.13. The molecule has 0 amide bonds. The minimum Gasteiger partial charge on any atom is -0.355 e. The standard InChI is InChI=1S/C10H15N3.ClH/c1-8-2-3-10(12-6-8)13-5-4-9(11)7-13;/h2-3,6,9H,4-5,7,11H2,1H3;1H/t9-;/m0./s1. The van der Waals surface area contributed by atoms with Crippen LogP contribution in [0.5, 0.6) is 0 Å². The van der Waals surface area contributed by atoms with Crippen LogP contribution >= 0.6 is 12.4 Å². The summed E-state index contributed by atoms with van der Waals surface area (Å²) in [7, 11) is 0. The van der Waals surface area contributed by atoms with Crippen LogP contribution in [0.25, 0.3) is 0 Å². The lowest BCUT2D eigenvalue weighted by Crippen LogP contribution is -2.26. The second kappa shape index (κ2) is 4.62. The van der Waals surface area contributed by atoms with Gasteiger partial charge in [-0.05, 0) is 25.0 Å². The third-order valence-corrected chi connectivity index (χ3v) is 2.44. The Labute approximate surface area is 90.7 Å². The van der Waals surface area contributed by atoms with E-state index in [1.54, 1.807) is 0 Å². The average molecular weight is 214 g/mol. The highest BCUT2D eigenvalue weighted by Gasteiger charge is 2.19. The molecular weight excluding hydrogens is 198 g/mol. The van der Waals surface area contributed by atoms with Crippen LogP contribution in [0.3, 0.4) is 0 Å². The van der Waals surface area contributed by atoms with Crippen LogP contribution in [0.15, 0.2) is 18.3 Å². The van der Waals surface area contributed by atoms with E-state index in [1.165, 1.54) is 5.56 Å². The highest BCUT2D eigenvalue weighted by molar-refractivity contribution is 5.85. The zero-order valence-electron chi connectivity index (χ0n) is 8.31. The first-order valence-electron chi connectivity index (χ1n) is 4.69. The minimum atomic E-state index is 0. The van der Waals surface area contributed by atoms with Crippen molar-refractivity contribution in [2.24, 2.45) is 5.73 Å². The number of hydrogen-bond donors (Lipinski definition) is 1. The summed E-state index contributed by atoms with van der Waals surface area (Å²) < 4.78 is 0. The largest absolute Gasteiger partial charge is 0.355 e. The van der Waals surface area contributed by atoms with Crippen molar-refractivity contribution in [2.75, 3.05) is 18.0 Å². The number of anilines is 1. The summed E-state index contributed by atoms with van der Waals surface area (Å²) in [6, 6.07) is 4.47. The van der Waals surface area contributed by atoms with Gasteiger partial charge in [-0.2, -0.15) is 0 Å². The molecule has 14 heavy (non-hydrogen) atoms. The third-order valence-electron chi connectivity index (χ3n) is 2.44. The lowest BCUT2D eigenvalue weighted by Gasteiger charge is -2.16. The predicted octanol–water partition coefficient (Wildman–Crippen LogP) is 1.35. The van der Waals surface area contributed by atoms with E-state index in [4.69, 9.17) is 5.73 Å². The average Bonchev–Trinajstić information content (AvgIpc) is 2.53. The number of pyridine rings is 1. The monoisotopic (exact) mass is 213 g/mol. The van der Waals surface area contributed by atoms with E-state index in [0.29, 0.717) is 6.04 Å². The van der Waals surface area contributed by atoms with Gasteiger partial charge in [0.2, 0.25) is 0 Å². The van der Waals surface area contributed by atoms with Gasteiger partial charge in [0, 0.05) is 25.3 Å². The molecular formula is C10H16ClN3. The van der Waals surface area contributed by atoms with Crippen LogP contribution in [0.1, 0.15) is 12.0 Å². The maximum absolute atomic E-state index is 5.82. The van der Waals surface area contributed by atoms with Gasteiger partial charge >= 0.3 is 0 Å². The molecule has 1 aromatic heterocycles. The maximum atomic E-state index is 5.82. The number of nitrogens with zero attached hydrogens (tertiary/aromatic N) is 2. The van der Waals surface area contributed by atoms with E-state index in [9.17, 15) is 0 Å². The molecule has 0 radical (unpaired) electrons. The third kappa shape index (κ3) is 2.36. The lowest BCUT2D eigenvalue weighted by molar-refractivity contribution is 0.751. The van der Waals surface area contributed by atoms with E-state index in [-0.39, 0.29) is 12.4 Å². The van der Waals surface area contributed by atoms with Crippen molar-refractivity contribution in [3.05, 3.63) is 23.9 Å². The van der Waals surface area contributed by atoms with Crippen LogP contribution < -0.4 is 10.6 Å². The fourth-order valence-corrected chi connectivity index (χ4v) is 1.64. The number of hydrogen-bond acceptors (Lipinski definition) is 3. The first-order chi connectivity index (χ1) is 6.25. The summed E-state index contributed by atoms with van der Waals surface area (Å²) >= 11 is 0. The normalized spacial score (nSPS) is 20.7. The van der Waals surface area contributed by atoms with Crippen molar-refractivity contribution in [1.82, 2.24) is 4.98 Å². The molecule has 2 heterocycles. The maximum Gasteiger partial charge on any atom is 0.128 e. The highest BCUT2D eigenvalue weighted by Crippen LogP contribution is 2.16. The van der Waals surface area contributed by atoms with Gasteiger partial charge in [0.1, 0.15) is 5.82 Å². The molecule has 1 saturated heterocycles. The molecule has 1 fully saturated rings. The number of nitrogens with two attached hydrogens (primary N) is 1. The van der Waals surface area contributed by atoms with Gasteiger partial charge in [0.15, 0.2) is 0 Å². The Bertz CT molecular complexity index is 286. The topological polar surface area (TPSA) is 42.1 Å². The molecule has 0 bridgehead atoms. The SMILES string of the molecule is Cc1ccc(N2CC[C@H](N)C2)nc1.Cl. The van der Waals surface area contributed by atoms with E-state index in [2.05, 4.69) is 22.0 Å². The zero-order chi connectivity index (χ0) is 9.26. The van der Waals surface area contributed by atoms with Crippen molar-refractivity contribution in [3.63, 3.8) is 0 Å². The molecule has 2 N–H and O–H groups in total. The Hall–Kier alpha value is -0.800. The molecule has 0 aromatic carbocycles. The van der Waals surface area contributed by atoms with Crippen LogP contribution in [-0.4, -0.2) is 24.1 Å². The van der Waals surface area contributed by atoms with Gasteiger partial charge in [0.05, 0.1) is 0 Å². The molecule has 0 spiro atoms. The van der Waals surface area contributed by atoms with Crippen LogP contribution in [0.4, 0.5) is 5.82 Å². The summed E-state index contributed by atoms with van der Waals surface area (Å²) in [5.41, 5.74) is 7.02. The Morgan fingerprint density at radius 2 is 2.29 bits per heavy atom. The van der Waals surface area contributed by atoms with E-state index >= 15 is 0 Å². The van der Waals surface area contributed by atoms with Gasteiger partial charge in [-0.3, -0.25) is 0 Å². The summed E-state index contributed by atoms with van der Waals surface area (Å²) in [5, 5.41) is 0. The molecule has 2 rings (SSSR count). The molecule has 3 nitrogen and oxygen atoms in total. The molecule has 1 aliphatic rings. The van der Waals surface area contributed by atoms with Crippen LogP contribution in [0.2, 0.25) is 0 Å². The van der Waals surface area contributed by atoms with Gasteiger partial charge in [-0.1, -0.05) is 6.07 Å². The second-order valence-corrected chi connectivity index (χ2v) is 3.69. The van der Waals surface area contributed by atoms with Crippen molar-refractivity contribution >= 4 is 18.2 Å². The number of halogens is 1. The fraction of sp³-hybridized carbons (Fsp3) is 0.500. The first-order valence-corrected chi connectivity index (χ1v) is 4.69. The molecule has 1 aromatic rings. The molecule has 0 unspecified atom stereocenters. The molecule has 78 valence electrons. The summed E-state index contributed by atoms with van der Waals surface area (Å²) in [6.45, 7) is 4.03. The molecule has 0 saturated carbocycles. The van der Waals surface area contributed by atoms with Crippen molar-refractivity contribution in [1.29, 1.82) is 0 Å². The first kappa shape index (κ1) is 11.3. The molecule has 1 aliphatic heterocycles. The second-order valence-electron chi connectivity index (χ2n) is 3.69. The highest BCUT2D eigenvalue weighted by atomic mass is 35.5. The Balaban J connectivity index is 0.000000980. The fourth-order valence-electron chi connectivity index (χ4n) is 1.64. The Morgan fingerprint density at radius 1 is 1.50 bits per heavy atom.